The van der Waals surface area contributed by atoms with E-state index >= 15 is 0 Å². The Kier molecular flexibility index (Phi) is 9.16. The Morgan fingerprint density at radius 1 is 1.36 bits per heavy atom. The van der Waals surface area contributed by atoms with Gasteiger partial charge in [-0.1, -0.05) is 11.6 Å². The Morgan fingerprint density at radius 3 is 2.89 bits per heavy atom. The second kappa shape index (κ2) is 11.6. The molecule has 3 N–H and O–H groups in total. The molecule has 0 saturated carbocycles. The molecule has 0 bridgehead atoms. The van der Waals surface area contributed by atoms with E-state index in [2.05, 4.69) is 25.8 Å². The lowest BCUT2D eigenvalue weighted by Gasteiger charge is -2.22. The number of methoxy groups -OCH3 is 2. The maximum absolute atomic E-state index is 11.8. The van der Waals surface area contributed by atoms with Crippen molar-refractivity contribution in [2.45, 2.75) is 19.4 Å². The average Bonchev–Trinajstić information content (AvgIpc) is 3.15. The number of hydrogen-bond donors (Lipinski definition) is 3. The molecule has 1 atom stereocenters. The van der Waals surface area contributed by atoms with Crippen molar-refractivity contribution in [2.75, 3.05) is 58.5 Å². The van der Waals surface area contributed by atoms with E-state index in [0.717, 1.165) is 37.5 Å². The average molecular weight is 412 g/mol. The van der Waals surface area contributed by atoms with Gasteiger partial charge in [0.15, 0.2) is 5.96 Å². The van der Waals surface area contributed by atoms with E-state index in [-0.39, 0.29) is 18.5 Å². The molecule has 156 valence electrons. The summed E-state index contributed by atoms with van der Waals surface area (Å²) in [7, 11) is 3.26. The number of benzene rings is 1. The number of nitrogens with zero attached hydrogens (tertiary/aromatic N) is 2. The SMILES string of the molecule is CCNC(=NCC(=O)NCCOC)NC1CCN(c2cc(Cl)ccc2OC)C1. The van der Waals surface area contributed by atoms with E-state index < -0.39 is 0 Å². The van der Waals surface area contributed by atoms with E-state index in [4.69, 9.17) is 21.1 Å². The zero-order valence-electron chi connectivity index (χ0n) is 16.8. The van der Waals surface area contributed by atoms with E-state index in [0.29, 0.717) is 24.1 Å². The fraction of sp³-hybridized carbons (Fsp3) is 0.579. The van der Waals surface area contributed by atoms with Gasteiger partial charge in [-0.15, -0.1) is 0 Å². The highest BCUT2D eigenvalue weighted by molar-refractivity contribution is 6.30. The Bertz CT molecular complexity index is 671. The molecule has 1 aliphatic heterocycles. The number of rotatable bonds is 9. The van der Waals surface area contributed by atoms with Gasteiger partial charge in [0.1, 0.15) is 12.3 Å². The first-order valence-electron chi connectivity index (χ1n) is 9.46. The van der Waals surface area contributed by atoms with E-state index in [1.54, 1.807) is 14.2 Å². The van der Waals surface area contributed by atoms with Crippen molar-refractivity contribution < 1.29 is 14.3 Å². The predicted molar refractivity (Wildman–Crippen MR) is 113 cm³/mol. The minimum absolute atomic E-state index is 0.0671. The van der Waals surface area contributed by atoms with Gasteiger partial charge in [0.2, 0.25) is 5.91 Å². The van der Waals surface area contributed by atoms with Gasteiger partial charge in [-0.25, -0.2) is 4.99 Å². The van der Waals surface area contributed by atoms with E-state index in [9.17, 15) is 4.79 Å². The molecule has 0 aromatic heterocycles. The fourth-order valence-electron chi connectivity index (χ4n) is 3.02. The molecule has 0 radical (unpaired) electrons. The number of halogens is 1. The summed E-state index contributed by atoms with van der Waals surface area (Å²) in [5, 5.41) is 10.0. The molecule has 1 aromatic rings. The van der Waals surface area contributed by atoms with Gasteiger partial charge in [0, 0.05) is 44.4 Å². The Hall–Kier alpha value is -2.19. The summed E-state index contributed by atoms with van der Waals surface area (Å²) >= 11 is 6.16. The zero-order valence-corrected chi connectivity index (χ0v) is 17.5. The minimum atomic E-state index is -0.133. The monoisotopic (exact) mass is 411 g/mol. The molecule has 0 aliphatic carbocycles. The quantitative estimate of drug-likeness (QED) is 0.322. The molecule has 1 unspecified atom stereocenters. The summed E-state index contributed by atoms with van der Waals surface area (Å²) in [5.74, 6) is 1.30. The highest BCUT2D eigenvalue weighted by atomic mass is 35.5. The minimum Gasteiger partial charge on any atom is -0.495 e. The van der Waals surface area contributed by atoms with Crippen LogP contribution in [-0.4, -0.2) is 71.5 Å². The number of carbonyl (C=O) groups is 1. The predicted octanol–water partition coefficient (Wildman–Crippen LogP) is 1.25. The molecule has 1 fully saturated rings. The third-order valence-electron chi connectivity index (χ3n) is 4.36. The summed E-state index contributed by atoms with van der Waals surface area (Å²) < 4.78 is 10.4. The van der Waals surface area contributed by atoms with Gasteiger partial charge in [-0.3, -0.25) is 4.79 Å². The number of hydrogen-bond acceptors (Lipinski definition) is 5. The molecule has 8 nitrogen and oxygen atoms in total. The summed E-state index contributed by atoms with van der Waals surface area (Å²) in [6.07, 6.45) is 0.945. The first-order valence-corrected chi connectivity index (χ1v) is 9.84. The van der Waals surface area contributed by atoms with Crippen molar-refractivity contribution in [2.24, 2.45) is 4.99 Å². The van der Waals surface area contributed by atoms with Crippen molar-refractivity contribution in [1.82, 2.24) is 16.0 Å². The standard InChI is InChI=1S/C19H30ClN5O3/c1-4-21-19(23-12-18(26)22-8-10-27-2)24-15-7-9-25(13-15)16-11-14(20)5-6-17(16)28-3/h5-6,11,15H,4,7-10,12-13H2,1-3H3,(H,22,26)(H2,21,23,24). The van der Waals surface area contributed by atoms with Crippen molar-refractivity contribution >= 4 is 29.2 Å². The van der Waals surface area contributed by atoms with E-state index in [1.165, 1.54) is 0 Å². The van der Waals surface area contributed by atoms with Gasteiger partial charge in [0.05, 0.1) is 19.4 Å². The number of carbonyl (C=O) groups excluding carboxylic acids is 1. The van der Waals surface area contributed by atoms with Gasteiger partial charge in [0.25, 0.3) is 0 Å². The van der Waals surface area contributed by atoms with Crippen LogP contribution in [0.3, 0.4) is 0 Å². The van der Waals surface area contributed by atoms with Gasteiger partial charge in [-0.2, -0.15) is 0 Å². The highest BCUT2D eigenvalue weighted by Crippen LogP contribution is 2.33. The van der Waals surface area contributed by atoms with Crippen molar-refractivity contribution in [3.63, 3.8) is 0 Å². The van der Waals surface area contributed by atoms with Crippen molar-refractivity contribution in [1.29, 1.82) is 0 Å². The van der Waals surface area contributed by atoms with Crippen LogP contribution in [0.5, 0.6) is 5.75 Å². The van der Waals surface area contributed by atoms with Crippen LogP contribution in [0.2, 0.25) is 5.02 Å². The number of nitrogens with one attached hydrogen (secondary N) is 3. The lowest BCUT2D eigenvalue weighted by molar-refractivity contribution is -0.119. The topological polar surface area (TPSA) is 87.2 Å². The molecule has 28 heavy (non-hydrogen) atoms. The van der Waals surface area contributed by atoms with Crippen molar-refractivity contribution in [3.05, 3.63) is 23.2 Å². The number of amides is 1. The molecule has 9 heteroatoms. The van der Waals surface area contributed by atoms with Crippen LogP contribution < -0.4 is 25.6 Å². The summed E-state index contributed by atoms with van der Waals surface area (Å²) in [6, 6.07) is 5.83. The normalized spacial score (nSPS) is 16.8. The maximum atomic E-state index is 11.8. The second-order valence-electron chi connectivity index (χ2n) is 6.43. The van der Waals surface area contributed by atoms with Crippen LogP contribution in [0.15, 0.2) is 23.2 Å². The van der Waals surface area contributed by atoms with Crippen LogP contribution in [0.1, 0.15) is 13.3 Å². The molecule has 2 rings (SSSR count). The lowest BCUT2D eigenvalue weighted by atomic mass is 10.2. The summed E-state index contributed by atoms with van der Waals surface area (Å²) in [5.41, 5.74) is 0.985. The largest absolute Gasteiger partial charge is 0.495 e. The van der Waals surface area contributed by atoms with Crippen LogP contribution >= 0.6 is 11.6 Å². The third kappa shape index (κ3) is 6.76. The number of aliphatic imine (C=N–C) groups is 1. The van der Waals surface area contributed by atoms with Gasteiger partial charge >= 0.3 is 0 Å². The molecule has 1 aliphatic rings. The Labute approximate surface area is 171 Å². The highest BCUT2D eigenvalue weighted by Gasteiger charge is 2.25. The van der Waals surface area contributed by atoms with Gasteiger partial charge in [-0.05, 0) is 31.5 Å². The molecule has 1 amide bonds. The van der Waals surface area contributed by atoms with Crippen LogP contribution in [0, 0.1) is 0 Å². The first kappa shape index (κ1) is 22.1. The number of ether oxygens (including phenoxy) is 2. The maximum Gasteiger partial charge on any atom is 0.241 e. The zero-order chi connectivity index (χ0) is 20.4. The first-order chi connectivity index (χ1) is 13.6. The molecular formula is C19H30ClN5O3. The molecule has 0 spiro atoms. The van der Waals surface area contributed by atoms with Crippen LogP contribution in [-0.2, 0) is 9.53 Å². The van der Waals surface area contributed by atoms with Crippen molar-refractivity contribution in [3.8, 4) is 5.75 Å². The summed E-state index contributed by atoms with van der Waals surface area (Å²) in [4.78, 5) is 18.5. The second-order valence-corrected chi connectivity index (χ2v) is 6.87. The molecular weight excluding hydrogens is 382 g/mol. The van der Waals surface area contributed by atoms with Crippen LogP contribution in [0.25, 0.3) is 0 Å². The Balaban J connectivity index is 1.93. The smallest absolute Gasteiger partial charge is 0.241 e. The number of anilines is 1. The van der Waals surface area contributed by atoms with E-state index in [1.807, 2.05) is 25.1 Å². The molecule has 1 saturated heterocycles. The summed E-state index contributed by atoms with van der Waals surface area (Å²) in [6.45, 7) is 5.42. The number of guanidine groups is 1. The molecule has 1 heterocycles. The fourth-order valence-corrected chi connectivity index (χ4v) is 3.19. The third-order valence-corrected chi connectivity index (χ3v) is 4.60. The van der Waals surface area contributed by atoms with Crippen LogP contribution in [0.4, 0.5) is 5.69 Å². The van der Waals surface area contributed by atoms with Gasteiger partial charge < -0.3 is 30.3 Å². The molecule has 1 aromatic carbocycles. The Morgan fingerprint density at radius 2 is 2.18 bits per heavy atom. The lowest BCUT2D eigenvalue weighted by Crippen LogP contribution is -2.45.